The van der Waals surface area contributed by atoms with E-state index in [0.29, 0.717) is 30.4 Å². The highest BCUT2D eigenvalue weighted by molar-refractivity contribution is 5.96. The zero-order valence-corrected chi connectivity index (χ0v) is 17.3. The smallest absolute Gasteiger partial charge is 0.336 e. The number of rotatable bonds is 4. The van der Waals surface area contributed by atoms with Crippen molar-refractivity contribution in [2.75, 3.05) is 25.9 Å². The molecule has 0 atom stereocenters. The summed E-state index contributed by atoms with van der Waals surface area (Å²) in [6.45, 7) is 0.835. The first-order valence-electron chi connectivity index (χ1n) is 9.93. The molecule has 0 fully saturated rings. The molecule has 0 radical (unpaired) electrons. The SMILES string of the molecule is COc1ccc(OC)c(N2COc3ccc4c(-c5ccccc5)cc(=O)oc4c3C2)c1. The van der Waals surface area contributed by atoms with Crippen LogP contribution < -0.4 is 24.7 Å². The summed E-state index contributed by atoms with van der Waals surface area (Å²) in [4.78, 5) is 14.5. The zero-order valence-electron chi connectivity index (χ0n) is 17.3. The average molecular weight is 415 g/mol. The van der Waals surface area contributed by atoms with E-state index < -0.39 is 5.63 Å². The van der Waals surface area contributed by atoms with Gasteiger partial charge in [-0.1, -0.05) is 30.3 Å². The van der Waals surface area contributed by atoms with E-state index in [4.69, 9.17) is 18.6 Å². The van der Waals surface area contributed by atoms with Gasteiger partial charge in [-0.3, -0.25) is 0 Å². The van der Waals surface area contributed by atoms with Crippen molar-refractivity contribution in [2.45, 2.75) is 6.54 Å². The van der Waals surface area contributed by atoms with Gasteiger partial charge >= 0.3 is 5.63 Å². The van der Waals surface area contributed by atoms with Gasteiger partial charge < -0.3 is 23.5 Å². The molecule has 1 aromatic heterocycles. The van der Waals surface area contributed by atoms with E-state index in [1.807, 2.05) is 65.6 Å². The molecule has 0 aliphatic carbocycles. The van der Waals surface area contributed by atoms with E-state index in [1.54, 1.807) is 14.2 Å². The fourth-order valence-electron chi connectivity index (χ4n) is 3.99. The molecular formula is C25H21NO5. The Labute approximate surface area is 179 Å². The van der Waals surface area contributed by atoms with Crippen molar-refractivity contribution >= 4 is 16.7 Å². The third-order valence-corrected chi connectivity index (χ3v) is 5.51. The van der Waals surface area contributed by atoms with E-state index in [9.17, 15) is 4.79 Å². The molecule has 0 saturated carbocycles. The molecule has 2 heterocycles. The van der Waals surface area contributed by atoms with Gasteiger partial charge in [0.1, 0.15) is 22.8 Å². The standard InChI is InChI=1S/C25H21NO5/c1-28-17-8-10-23(29-2)21(12-17)26-14-20-22(30-15-26)11-9-18-19(13-24(27)31-25(18)20)16-6-4-3-5-7-16/h3-13H,14-15H2,1-2H3. The van der Waals surface area contributed by atoms with E-state index in [1.165, 1.54) is 6.07 Å². The first-order chi connectivity index (χ1) is 15.2. The molecular weight excluding hydrogens is 394 g/mol. The largest absolute Gasteiger partial charge is 0.497 e. The van der Waals surface area contributed by atoms with Crippen molar-refractivity contribution in [2.24, 2.45) is 0 Å². The Morgan fingerprint density at radius 3 is 2.55 bits per heavy atom. The molecule has 4 aromatic rings. The van der Waals surface area contributed by atoms with Crippen LogP contribution in [-0.2, 0) is 6.54 Å². The molecule has 0 spiro atoms. The van der Waals surface area contributed by atoms with Crippen LogP contribution in [0.25, 0.3) is 22.1 Å². The van der Waals surface area contributed by atoms with Crippen molar-refractivity contribution in [3.63, 3.8) is 0 Å². The van der Waals surface area contributed by atoms with Crippen LogP contribution in [0, 0.1) is 0 Å². The topological polar surface area (TPSA) is 61.1 Å². The molecule has 6 nitrogen and oxygen atoms in total. The van der Waals surface area contributed by atoms with E-state index in [2.05, 4.69) is 0 Å². The number of anilines is 1. The summed E-state index contributed by atoms with van der Waals surface area (Å²) in [6, 6.07) is 20.9. The van der Waals surface area contributed by atoms with Gasteiger partial charge in [-0.15, -0.1) is 0 Å². The van der Waals surface area contributed by atoms with Gasteiger partial charge in [0, 0.05) is 17.5 Å². The number of methoxy groups -OCH3 is 2. The van der Waals surface area contributed by atoms with Gasteiger partial charge in [0.05, 0.1) is 32.0 Å². The van der Waals surface area contributed by atoms with Gasteiger partial charge in [-0.2, -0.15) is 0 Å². The highest BCUT2D eigenvalue weighted by Gasteiger charge is 2.25. The minimum atomic E-state index is -0.393. The van der Waals surface area contributed by atoms with E-state index in [-0.39, 0.29) is 0 Å². The van der Waals surface area contributed by atoms with Crippen LogP contribution in [0.4, 0.5) is 5.69 Å². The summed E-state index contributed by atoms with van der Waals surface area (Å²) in [6.07, 6.45) is 0. The maximum atomic E-state index is 12.4. The molecule has 1 aliphatic heterocycles. The highest BCUT2D eigenvalue weighted by atomic mass is 16.5. The molecule has 0 bridgehead atoms. The molecule has 156 valence electrons. The minimum absolute atomic E-state index is 0.338. The number of fused-ring (bicyclic) bond motifs is 3. The fraction of sp³-hybridized carbons (Fsp3) is 0.160. The van der Waals surface area contributed by atoms with Gasteiger partial charge in [-0.05, 0) is 35.4 Å². The minimum Gasteiger partial charge on any atom is -0.497 e. The third-order valence-electron chi connectivity index (χ3n) is 5.51. The average Bonchev–Trinajstić information content (AvgIpc) is 2.83. The summed E-state index contributed by atoms with van der Waals surface area (Å²) < 4.78 is 22.6. The fourth-order valence-corrected chi connectivity index (χ4v) is 3.99. The first-order valence-corrected chi connectivity index (χ1v) is 9.93. The lowest BCUT2D eigenvalue weighted by molar-refractivity contribution is 0.286. The number of nitrogens with zero attached hydrogens (tertiary/aromatic N) is 1. The van der Waals surface area contributed by atoms with Crippen molar-refractivity contribution < 1.29 is 18.6 Å². The second kappa shape index (κ2) is 7.72. The Morgan fingerprint density at radius 1 is 0.935 bits per heavy atom. The van der Waals surface area contributed by atoms with Crippen molar-refractivity contribution in [1.82, 2.24) is 0 Å². The Bertz CT molecular complexity index is 1310. The van der Waals surface area contributed by atoms with Gasteiger partial charge in [0.2, 0.25) is 0 Å². The van der Waals surface area contributed by atoms with Gasteiger partial charge in [0.15, 0.2) is 6.73 Å². The Hall–Kier alpha value is -3.93. The van der Waals surface area contributed by atoms with Crippen LogP contribution in [0.3, 0.4) is 0 Å². The maximum Gasteiger partial charge on any atom is 0.336 e. The van der Waals surface area contributed by atoms with Crippen molar-refractivity contribution in [3.05, 3.63) is 82.7 Å². The number of hydrogen-bond donors (Lipinski definition) is 0. The summed E-state index contributed by atoms with van der Waals surface area (Å²) in [7, 11) is 3.26. The molecule has 6 heteroatoms. The lowest BCUT2D eigenvalue weighted by Crippen LogP contribution is -2.32. The second-order valence-electron chi connectivity index (χ2n) is 7.27. The zero-order chi connectivity index (χ0) is 21.4. The number of hydrogen-bond acceptors (Lipinski definition) is 6. The first kappa shape index (κ1) is 19.1. The number of ether oxygens (including phenoxy) is 3. The van der Waals surface area contributed by atoms with Crippen LogP contribution in [0.1, 0.15) is 5.56 Å². The van der Waals surface area contributed by atoms with E-state index in [0.717, 1.165) is 33.5 Å². The Kier molecular flexibility index (Phi) is 4.75. The molecule has 0 saturated heterocycles. The normalized spacial score (nSPS) is 12.9. The molecule has 3 aromatic carbocycles. The molecule has 5 rings (SSSR count). The monoisotopic (exact) mass is 415 g/mol. The molecule has 0 amide bonds. The Morgan fingerprint density at radius 2 is 1.77 bits per heavy atom. The summed E-state index contributed by atoms with van der Waals surface area (Å²) in [5.74, 6) is 2.14. The predicted molar refractivity (Wildman–Crippen MR) is 119 cm³/mol. The van der Waals surface area contributed by atoms with Crippen molar-refractivity contribution in [3.8, 4) is 28.4 Å². The van der Waals surface area contributed by atoms with Crippen molar-refractivity contribution in [1.29, 1.82) is 0 Å². The van der Waals surface area contributed by atoms with Crippen LogP contribution in [0.2, 0.25) is 0 Å². The van der Waals surface area contributed by atoms with E-state index >= 15 is 0 Å². The second-order valence-corrected chi connectivity index (χ2v) is 7.27. The lowest BCUT2D eigenvalue weighted by atomic mass is 9.99. The van der Waals surface area contributed by atoms with Crippen LogP contribution >= 0.6 is 0 Å². The van der Waals surface area contributed by atoms with Crippen LogP contribution in [0.5, 0.6) is 17.2 Å². The highest BCUT2D eigenvalue weighted by Crippen LogP contribution is 2.40. The number of benzene rings is 3. The molecule has 1 aliphatic rings. The predicted octanol–water partition coefficient (Wildman–Crippen LogP) is 4.83. The summed E-state index contributed by atoms with van der Waals surface area (Å²) >= 11 is 0. The van der Waals surface area contributed by atoms with Gasteiger partial charge in [-0.25, -0.2) is 4.79 Å². The summed E-state index contributed by atoms with van der Waals surface area (Å²) in [5, 5.41) is 0.868. The van der Waals surface area contributed by atoms with Crippen LogP contribution in [-0.4, -0.2) is 21.0 Å². The maximum absolute atomic E-state index is 12.4. The third kappa shape index (κ3) is 3.36. The van der Waals surface area contributed by atoms with Crippen LogP contribution in [0.15, 0.2) is 75.9 Å². The lowest BCUT2D eigenvalue weighted by Gasteiger charge is -2.32. The van der Waals surface area contributed by atoms with Gasteiger partial charge in [0.25, 0.3) is 0 Å². The molecule has 31 heavy (non-hydrogen) atoms. The molecule has 0 unspecified atom stereocenters. The Balaban J connectivity index is 1.65. The summed E-state index contributed by atoms with van der Waals surface area (Å²) in [5.41, 5.74) is 3.61. The quantitative estimate of drug-likeness (QED) is 0.445. The molecule has 0 N–H and O–H groups in total.